The third-order valence-corrected chi connectivity index (χ3v) is 7.24. The highest BCUT2D eigenvalue weighted by molar-refractivity contribution is 5.82. The molecule has 8 nitrogen and oxygen atoms in total. The Morgan fingerprint density at radius 3 is 2.62 bits per heavy atom. The van der Waals surface area contributed by atoms with E-state index in [0.29, 0.717) is 34.3 Å². The molecule has 0 spiro atoms. The third kappa shape index (κ3) is 4.79. The summed E-state index contributed by atoms with van der Waals surface area (Å²) in [4.78, 5) is 24.9. The van der Waals surface area contributed by atoms with E-state index in [-0.39, 0.29) is 11.6 Å². The highest BCUT2D eigenvalue weighted by Crippen LogP contribution is 2.29. The standard InChI is InChI=1S/C29H36N6O2/c1-18(2)34-28(36)23-17-30-26(16-24(23)35(34)27-9-7-8-25(32-27)29(3,4)37)31-21-12-10-20-15-22(33(5)6)13-11-19(20)14-21/h7-10,12,14,16-18,22,37H,11,13,15H2,1-6H3,(H,30,31). The molecule has 0 saturated carbocycles. The summed E-state index contributed by atoms with van der Waals surface area (Å²) in [6.45, 7) is 7.34. The Bertz CT molecular complexity index is 1510. The van der Waals surface area contributed by atoms with Gasteiger partial charge in [-0.3, -0.25) is 4.79 Å². The second kappa shape index (κ2) is 9.43. The van der Waals surface area contributed by atoms with Gasteiger partial charge in [-0.2, -0.15) is 0 Å². The number of aromatic nitrogens is 4. The molecule has 194 valence electrons. The maximum Gasteiger partial charge on any atom is 0.276 e. The molecule has 1 unspecified atom stereocenters. The first-order chi connectivity index (χ1) is 17.5. The van der Waals surface area contributed by atoms with Crippen molar-refractivity contribution in [3.05, 3.63) is 75.8 Å². The summed E-state index contributed by atoms with van der Waals surface area (Å²) in [7, 11) is 4.30. The molecule has 0 bridgehead atoms. The van der Waals surface area contributed by atoms with E-state index in [1.54, 1.807) is 30.8 Å². The van der Waals surface area contributed by atoms with E-state index in [1.165, 1.54) is 11.1 Å². The van der Waals surface area contributed by atoms with Crippen LogP contribution in [0.25, 0.3) is 16.7 Å². The van der Waals surface area contributed by atoms with E-state index < -0.39 is 5.60 Å². The lowest BCUT2D eigenvalue weighted by Gasteiger charge is -2.30. The number of aryl methyl sites for hydroxylation is 1. The normalized spacial score (nSPS) is 16.0. The van der Waals surface area contributed by atoms with Gasteiger partial charge in [-0.05, 0) is 96.4 Å². The molecular formula is C29H36N6O2. The Balaban J connectivity index is 1.56. The first-order valence-electron chi connectivity index (χ1n) is 12.9. The van der Waals surface area contributed by atoms with Gasteiger partial charge in [0.15, 0.2) is 5.82 Å². The number of rotatable bonds is 6. The van der Waals surface area contributed by atoms with Gasteiger partial charge in [-0.15, -0.1) is 0 Å². The van der Waals surface area contributed by atoms with Crippen LogP contribution in [-0.4, -0.2) is 49.5 Å². The molecule has 1 aliphatic rings. The zero-order valence-corrected chi connectivity index (χ0v) is 22.5. The zero-order chi connectivity index (χ0) is 26.5. The lowest BCUT2D eigenvalue weighted by Crippen LogP contribution is -2.33. The third-order valence-electron chi connectivity index (χ3n) is 7.24. The molecule has 8 heteroatoms. The van der Waals surface area contributed by atoms with Crippen molar-refractivity contribution in [1.29, 1.82) is 0 Å². The number of aliphatic hydroxyl groups is 1. The molecule has 1 aromatic carbocycles. The molecule has 1 aliphatic carbocycles. The van der Waals surface area contributed by atoms with Crippen molar-refractivity contribution in [3.8, 4) is 5.82 Å². The summed E-state index contributed by atoms with van der Waals surface area (Å²) in [5, 5.41) is 14.5. The molecular weight excluding hydrogens is 464 g/mol. The van der Waals surface area contributed by atoms with Crippen molar-refractivity contribution < 1.29 is 5.11 Å². The van der Waals surface area contributed by atoms with E-state index in [9.17, 15) is 9.90 Å². The van der Waals surface area contributed by atoms with Crippen molar-refractivity contribution in [2.45, 2.75) is 64.6 Å². The van der Waals surface area contributed by atoms with Crippen LogP contribution in [0.1, 0.15) is 57.0 Å². The lowest BCUT2D eigenvalue weighted by atomic mass is 9.87. The zero-order valence-electron chi connectivity index (χ0n) is 22.5. The Labute approximate surface area is 217 Å². The van der Waals surface area contributed by atoms with E-state index in [4.69, 9.17) is 4.98 Å². The van der Waals surface area contributed by atoms with Gasteiger partial charge >= 0.3 is 0 Å². The van der Waals surface area contributed by atoms with Gasteiger partial charge in [0.2, 0.25) is 0 Å². The first-order valence-corrected chi connectivity index (χ1v) is 12.9. The van der Waals surface area contributed by atoms with Crippen molar-refractivity contribution in [2.24, 2.45) is 0 Å². The predicted molar refractivity (Wildman–Crippen MR) is 148 cm³/mol. The molecule has 0 saturated heterocycles. The monoisotopic (exact) mass is 500 g/mol. The minimum absolute atomic E-state index is 0.101. The number of fused-ring (bicyclic) bond motifs is 2. The average Bonchev–Trinajstić information content (AvgIpc) is 3.15. The minimum Gasteiger partial charge on any atom is -0.384 e. The summed E-state index contributed by atoms with van der Waals surface area (Å²) in [5.41, 5.74) is 3.78. The van der Waals surface area contributed by atoms with E-state index in [1.807, 2.05) is 36.7 Å². The highest BCUT2D eigenvalue weighted by atomic mass is 16.3. The predicted octanol–water partition coefficient (Wildman–Crippen LogP) is 4.55. The molecule has 1 atom stereocenters. The molecule has 3 heterocycles. The van der Waals surface area contributed by atoms with Gasteiger partial charge < -0.3 is 15.3 Å². The van der Waals surface area contributed by atoms with Crippen LogP contribution < -0.4 is 10.9 Å². The number of pyridine rings is 2. The molecule has 2 N–H and O–H groups in total. The summed E-state index contributed by atoms with van der Waals surface area (Å²) < 4.78 is 3.52. The van der Waals surface area contributed by atoms with Crippen LogP contribution in [0.4, 0.5) is 11.5 Å². The van der Waals surface area contributed by atoms with Gasteiger partial charge in [0, 0.05) is 30.0 Å². The van der Waals surface area contributed by atoms with Crippen LogP contribution in [-0.2, 0) is 18.4 Å². The second-order valence-corrected chi connectivity index (χ2v) is 11.1. The Hall–Kier alpha value is -3.49. The highest BCUT2D eigenvalue weighted by Gasteiger charge is 2.23. The van der Waals surface area contributed by atoms with Gasteiger partial charge in [0.05, 0.1) is 16.6 Å². The number of likely N-dealkylation sites (N-methyl/N-ethyl adjacent to an activating group) is 1. The van der Waals surface area contributed by atoms with E-state index in [0.717, 1.165) is 24.9 Å². The smallest absolute Gasteiger partial charge is 0.276 e. The number of hydrogen-bond donors (Lipinski definition) is 2. The first kappa shape index (κ1) is 25.2. The minimum atomic E-state index is -1.10. The van der Waals surface area contributed by atoms with Crippen LogP contribution in [0, 0.1) is 0 Å². The van der Waals surface area contributed by atoms with Gasteiger partial charge in [0.25, 0.3) is 5.56 Å². The van der Waals surface area contributed by atoms with Crippen LogP contribution >= 0.6 is 0 Å². The van der Waals surface area contributed by atoms with Crippen molar-refractivity contribution in [3.63, 3.8) is 0 Å². The number of nitrogens with one attached hydrogen (secondary N) is 1. The van der Waals surface area contributed by atoms with Gasteiger partial charge in [0.1, 0.15) is 11.4 Å². The molecule has 3 aromatic heterocycles. The van der Waals surface area contributed by atoms with E-state index in [2.05, 4.69) is 47.5 Å². The Kier molecular flexibility index (Phi) is 6.41. The second-order valence-electron chi connectivity index (χ2n) is 11.1. The summed E-state index contributed by atoms with van der Waals surface area (Å²) in [5.74, 6) is 1.23. The number of hydrogen-bond acceptors (Lipinski definition) is 6. The molecule has 4 aromatic rings. The fourth-order valence-electron chi connectivity index (χ4n) is 5.17. The lowest BCUT2D eigenvalue weighted by molar-refractivity contribution is 0.0738. The van der Waals surface area contributed by atoms with Crippen LogP contribution in [0.15, 0.2) is 53.5 Å². The van der Waals surface area contributed by atoms with Crippen LogP contribution in [0.5, 0.6) is 0 Å². The maximum absolute atomic E-state index is 13.4. The molecule has 0 aliphatic heterocycles. The maximum atomic E-state index is 13.4. The quantitative estimate of drug-likeness (QED) is 0.404. The molecule has 37 heavy (non-hydrogen) atoms. The fourth-order valence-corrected chi connectivity index (χ4v) is 5.17. The molecule has 0 fully saturated rings. The molecule has 0 amide bonds. The summed E-state index contributed by atoms with van der Waals surface area (Å²) >= 11 is 0. The largest absolute Gasteiger partial charge is 0.384 e. The summed E-state index contributed by atoms with van der Waals surface area (Å²) in [6.07, 6.45) is 4.91. The Morgan fingerprint density at radius 1 is 1.14 bits per heavy atom. The van der Waals surface area contributed by atoms with Crippen molar-refractivity contribution >= 4 is 22.4 Å². The number of anilines is 2. The van der Waals surface area contributed by atoms with Gasteiger partial charge in [-0.1, -0.05) is 12.1 Å². The van der Waals surface area contributed by atoms with Crippen LogP contribution in [0.3, 0.4) is 0 Å². The molecule has 5 rings (SSSR count). The average molecular weight is 501 g/mol. The number of benzene rings is 1. The summed E-state index contributed by atoms with van der Waals surface area (Å²) in [6, 6.07) is 14.4. The van der Waals surface area contributed by atoms with Gasteiger partial charge in [-0.25, -0.2) is 19.3 Å². The SMILES string of the molecule is CC(C)n1c(=O)c2cnc(Nc3ccc4c(c3)CCC(N(C)C)C4)cc2n1-c1cccc(C(C)(C)O)n1. The van der Waals surface area contributed by atoms with Crippen molar-refractivity contribution in [1.82, 2.24) is 24.2 Å². The molecule has 0 radical (unpaired) electrons. The Morgan fingerprint density at radius 2 is 1.92 bits per heavy atom. The fraction of sp³-hybridized carbons (Fsp3) is 0.414. The van der Waals surface area contributed by atoms with E-state index >= 15 is 0 Å². The number of nitrogens with zero attached hydrogens (tertiary/aromatic N) is 5. The van der Waals surface area contributed by atoms with Crippen molar-refractivity contribution in [2.75, 3.05) is 19.4 Å². The van der Waals surface area contributed by atoms with Crippen LogP contribution in [0.2, 0.25) is 0 Å². The topological polar surface area (TPSA) is 88.2 Å².